The summed E-state index contributed by atoms with van der Waals surface area (Å²) >= 11 is 0. The molecule has 5 aliphatic rings. The Morgan fingerprint density at radius 3 is 2.29 bits per heavy atom. The van der Waals surface area contributed by atoms with E-state index in [1.54, 1.807) is 45.6 Å². The maximum absolute atomic E-state index is 16.1. The molecule has 0 radical (unpaired) electrons. The Hall–Kier alpha value is -7.49. The van der Waals surface area contributed by atoms with Crippen LogP contribution in [0.2, 0.25) is 0 Å². The van der Waals surface area contributed by atoms with Crippen LogP contribution < -0.4 is 20.5 Å². The molecule has 20 nitrogen and oxygen atoms in total. The second-order valence-corrected chi connectivity index (χ2v) is 20.9. The molecule has 412 valence electrons. The number of aryl methyl sites for hydroxylation is 1. The number of carboxylic acids is 1. The van der Waals surface area contributed by atoms with Crippen LogP contribution in [0.25, 0.3) is 16.3 Å². The molecule has 2 fully saturated rings. The Bertz CT molecular complexity index is 3270. The number of phenols is 3. The lowest BCUT2D eigenvalue weighted by Gasteiger charge is -2.38. The first-order chi connectivity index (χ1) is 36.3. The molecular formula is C56H65FN4O16. The highest BCUT2D eigenvalue weighted by molar-refractivity contribution is 6.24. The van der Waals surface area contributed by atoms with Gasteiger partial charge in [-0.15, -0.1) is 0 Å². The van der Waals surface area contributed by atoms with Gasteiger partial charge in [-0.05, 0) is 62.8 Å². The Kier molecular flexibility index (Phi) is 15.6. The number of oxime groups is 1. The Morgan fingerprint density at radius 1 is 0.935 bits per heavy atom. The maximum atomic E-state index is 16.1. The summed E-state index contributed by atoms with van der Waals surface area (Å²) in [5.41, 5.74) is -0.677. The lowest BCUT2D eigenvalue weighted by atomic mass is 9.78. The molecule has 0 unspecified atom stereocenters. The fraction of sp³-hybridized carbons (Fsp3) is 0.464. The van der Waals surface area contributed by atoms with E-state index >= 15 is 4.39 Å². The fourth-order valence-corrected chi connectivity index (χ4v) is 10.9. The van der Waals surface area contributed by atoms with Crippen LogP contribution >= 0.6 is 0 Å². The van der Waals surface area contributed by atoms with E-state index in [9.17, 15) is 54.6 Å². The number of fused-ring (bicyclic) bond motifs is 15. The first-order valence-electron chi connectivity index (χ1n) is 25.5. The van der Waals surface area contributed by atoms with Gasteiger partial charge >= 0.3 is 17.7 Å². The summed E-state index contributed by atoms with van der Waals surface area (Å²) in [6.45, 7) is 14.2. The number of aromatic carboxylic acids is 1. The van der Waals surface area contributed by atoms with Gasteiger partial charge in [0.1, 0.15) is 35.0 Å². The zero-order valence-electron chi connectivity index (χ0n) is 44.4. The number of allylic oxidation sites excluding steroid dienone is 2. The van der Waals surface area contributed by atoms with Crippen LogP contribution in [0.5, 0.6) is 23.0 Å². The Balaban J connectivity index is 1.19. The number of esters is 1. The number of methoxy groups -OCH3 is 1. The molecule has 4 aliphatic heterocycles. The van der Waals surface area contributed by atoms with Crippen molar-refractivity contribution in [2.45, 2.75) is 124 Å². The molecule has 9 rings (SSSR count). The van der Waals surface area contributed by atoms with Crippen LogP contribution in [0.4, 0.5) is 15.8 Å². The van der Waals surface area contributed by atoms with E-state index < -0.39 is 129 Å². The van der Waals surface area contributed by atoms with Gasteiger partial charge in [-0.3, -0.25) is 23.6 Å². The number of aliphatic hydroxyl groups is 2. The van der Waals surface area contributed by atoms with Crippen LogP contribution in [-0.4, -0.2) is 121 Å². The van der Waals surface area contributed by atoms with Crippen molar-refractivity contribution in [2.75, 3.05) is 30.4 Å². The molecule has 0 spiro atoms. The summed E-state index contributed by atoms with van der Waals surface area (Å²) in [6, 6.07) is 1.38. The van der Waals surface area contributed by atoms with Crippen molar-refractivity contribution in [1.82, 2.24) is 4.40 Å². The number of rotatable bonds is 8. The number of amides is 1. The standard InChI is InChI=1S/C56H65FN4O16/c1-24-12-11-13-25(2)53(69)59-42-36(21-58-77-33-16-18-60(22-33)44-27(4)43-34(32-14-15-32)20-35(55(71)72)54(70)61(43)23-37(44)57)48(66)39-40(49(42)67)47(65)30(7)51-41(39)52(68)56(9,76-51)74-19-17-38(73-10)26(3)50(75-31(8)62)29(6)46(64)28(5)45(24)63/h11-13,17,19-21,23-24,26,28-29,32-33,38,45-46,50,63-67H,14-16,18,22H2,1-10H3,(H,59,69)(H,71,72)/t24-,26+,28+,29+,33-,38-,45-,46+,50+,56-/m0/s1. The highest BCUT2D eigenvalue weighted by Crippen LogP contribution is 2.55. The summed E-state index contributed by atoms with van der Waals surface area (Å²) in [5, 5.41) is 75.0. The van der Waals surface area contributed by atoms with Gasteiger partial charge in [0.15, 0.2) is 11.6 Å². The number of carbonyl (C=O) groups is 4. The van der Waals surface area contributed by atoms with Crippen molar-refractivity contribution >= 4 is 57.5 Å². The number of nitrogens with zero attached hydrogens (tertiary/aromatic N) is 3. The highest BCUT2D eigenvalue weighted by Gasteiger charge is 2.50. The largest absolute Gasteiger partial charge is 0.507 e. The lowest BCUT2D eigenvalue weighted by Crippen LogP contribution is -2.46. The number of aromatic hydroxyl groups is 3. The van der Waals surface area contributed by atoms with Crippen molar-refractivity contribution < 1.29 is 78.0 Å². The number of nitrogens with one attached hydrogen (secondary N) is 1. The minimum Gasteiger partial charge on any atom is -0.507 e. The molecule has 6 heterocycles. The minimum absolute atomic E-state index is 0.0111. The van der Waals surface area contributed by atoms with E-state index in [2.05, 4.69) is 10.5 Å². The third-order valence-corrected chi connectivity index (χ3v) is 15.6. The minimum atomic E-state index is -2.16. The van der Waals surface area contributed by atoms with Gasteiger partial charge in [-0.25, -0.2) is 9.18 Å². The number of ketones is 1. The normalized spacial score (nSPS) is 27.3. The van der Waals surface area contributed by atoms with E-state index in [1.165, 1.54) is 59.1 Å². The van der Waals surface area contributed by atoms with Gasteiger partial charge < -0.3 is 64.6 Å². The number of carbonyl (C=O) groups excluding carboxylic acids is 3. The number of phenolic OH excluding ortho intramolecular Hbond substituents is 3. The second kappa shape index (κ2) is 21.5. The number of hydrogen-bond donors (Lipinski definition) is 7. The zero-order chi connectivity index (χ0) is 56.3. The van der Waals surface area contributed by atoms with E-state index in [4.69, 9.17) is 23.8 Å². The quantitative estimate of drug-likeness (QED) is 0.0307. The molecule has 5 bridgehead atoms. The first kappa shape index (κ1) is 55.7. The first-order valence-corrected chi connectivity index (χ1v) is 25.5. The summed E-state index contributed by atoms with van der Waals surface area (Å²) in [5.74, 6) is -11.6. The number of hydrogen-bond acceptors (Lipinski definition) is 17. The van der Waals surface area contributed by atoms with Crippen molar-refractivity contribution in [3.05, 3.63) is 98.0 Å². The lowest BCUT2D eigenvalue weighted by molar-refractivity contribution is -0.160. The molecule has 4 aromatic rings. The fourth-order valence-electron chi connectivity index (χ4n) is 10.9. The van der Waals surface area contributed by atoms with Gasteiger partial charge in [0.05, 0.1) is 76.9 Å². The third-order valence-electron chi connectivity index (χ3n) is 15.6. The van der Waals surface area contributed by atoms with E-state index in [0.29, 0.717) is 23.1 Å². The van der Waals surface area contributed by atoms with Crippen molar-refractivity contribution in [3.8, 4) is 23.0 Å². The van der Waals surface area contributed by atoms with Crippen molar-refractivity contribution in [2.24, 2.45) is 28.8 Å². The molecule has 2 aromatic carbocycles. The number of aliphatic hydroxyl groups excluding tert-OH is 2. The second-order valence-electron chi connectivity index (χ2n) is 20.9. The smallest absolute Gasteiger partial charge is 0.341 e. The highest BCUT2D eigenvalue weighted by atomic mass is 19.1. The number of aromatic nitrogens is 1. The van der Waals surface area contributed by atoms with Crippen molar-refractivity contribution in [3.63, 3.8) is 0 Å². The summed E-state index contributed by atoms with van der Waals surface area (Å²) < 4.78 is 40.9. The summed E-state index contributed by atoms with van der Waals surface area (Å²) in [7, 11) is 1.40. The molecule has 1 saturated carbocycles. The van der Waals surface area contributed by atoms with Crippen molar-refractivity contribution in [1.29, 1.82) is 0 Å². The number of Topliss-reactive ketones (excluding diaryl/α,β-unsaturated/α-hetero) is 1. The third kappa shape index (κ3) is 10.2. The predicted octanol–water partition coefficient (Wildman–Crippen LogP) is 7.02. The average molecular weight is 1070 g/mol. The Labute approximate surface area is 442 Å². The number of anilines is 2. The number of carboxylic acid groups (broad SMARTS) is 1. The van der Waals surface area contributed by atoms with Crippen LogP contribution in [-0.2, 0) is 28.6 Å². The monoisotopic (exact) mass is 1070 g/mol. The van der Waals surface area contributed by atoms with Crippen LogP contribution in [0.3, 0.4) is 0 Å². The van der Waals surface area contributed by atoms with Crippen LogP contribution in [0, 0.1) is 43.3 Å². The molecular weight excluding hydrogens is 1000 g/mol. The van der Waals surface area contributed by atoms with E-state index in [0.717, 1.165) is 35.9 Å². The molecule has 1 aliphatic carbocycles. The number of halogens is 1. The topological polar surface area (TPSA) is 285 Å². The van der Waals surface area contributed by atoms with E-state index in [1.807, 2.05) is 0 Å². The zero-order valence-corrected chi connectivity index (χ0v) is 44.4. The summed E-state index contributed by atoms with van der Waals surface area (Å²) in [6.07, 6.45) is 6.23. The number of pyridine rings is 2. The maximum Gasteiger partial charge on any atom is 0.341 e. The van der Waals surface area contributed by atoms with E-state index in [-0.39, 0.29) is 58.1 Å². The number of ether oxygens (including phenoxy) is 4. The average Bonchev–Trinajstić information content (AvgIpc) is 4.19. The molecule has 10 atom stereocenters. The summed E-state index contributed by atoms with van der Waals surface area (Å²) in [4.78, 5) is 74.0. The molecule has 1 saturated heterocycles. The number of benzene rings is 2. The van der Waals surface area contributed by atoms with Crippen LogP contribution in [0.15, 0.2) is 58.4 Å². The predicted molar refractivity (Wildman–Crippen MR) is 280 cm³/mol. The SMILES string of the molecule is CO[C@H]1C=CO[C@@]2(C)Oc3c(C)c(O)c4c(O)c(c(C=NO[C@H]5CCN(c6c(F)cn7c(=O)c(C(=O)O)cc(C8CC8)c7c6C)C5)c(O)c4c3C2=O)NC(=O)C(C)=CC=C[C@H](C)[C@H](O)[C@@H](C)[C@@H](O)[C@@H](C)[C@H](OC(C)=O)[C@@H]1C. The molecule has 1 amide bonds. The molecule has 7 N–H and O–H groups in total. The molecule has 77 heavy (non-hydrogen) atoms. The van der Waals surface area contributed by atoms with Gasteiger partial charge in [0.2, 0.25) is 0 Å². The molecule has 2 aromatic heterocycles. The Morgan fingerprint density at radius 2 is 1.64 bits per heavy atom. The van der Waals surface area contributed by atoms with Gasteiger partial charge in [-0.2, -0.15) is 0 Å². The van der Waals surface area contributed by atoms with Crippen LogP contribution in [0.1, 0.15) is 117 Å². The van der Waals surface area contributed by atoms with Gasteiger partial charge in [0, 0.05) is 74.1 Å². The van der Waals surface area contributed by atoms with Gasteiger partial charge in [-0.1, -0.05) is 51.1 Å². The van der Waals surface area contributed by atoms with Gasteiger partial charge in [0.25, 0.3) is 17.2 Å². The molecule has 21 heteroatoms.